The second kappa shape index (κ2) is 11.4. The Morgan fingerprint density at radius 2 is 1.64 bits per heavy atom. The summed E-state index contributed by atoms with van der Waals surface area (Å²) in [4.78, 5) is 4.76. The Morgan fingerprint density at radius 3 is 2.31 bits per heavy atom. The third kappa shape index (κ3) is 5.94. The number of hydrogen-bond acceptors (Lipinski definition) is 3. The maximum Gasteiger partial charge on any atom is 0.0646 e. The van der Waals surface area contributed by atoms with E-state index in [1.807, 2.05) is 24.3 Å². The number of hydrogen-bond donors (Lipinski definition) is 2. The average Bonchev–Trinajstić information content (AvgIpc) is 2.99. The monoisotopic (exact) mass is 665 g/mol. The van der Waals surface area contributed by atoms with E-state index in [1.165, 1.54) is 23.8 Å². The van der Waals surface area contributed by atoms with Gasteiger partial charge in [-0.2, -0.15) is 0 Å². The summed E-state index contributed by atoms with van der Waals surface area (Å²) in [6.07, 6.45) is 3.81. The molecular weight excluding hydrogens is 623 g/mol. The first-order valence-electron chi connectivity index (χ1n) is 13.2. The van der Waals surface area contributed by atoms with Gasteiger partial charge in [0.1, 0.15) is 0 Å². The Labute approximate surface area is 231 Å². The Balaban J connectivity index is 0.000000198. The van der Waals surface area contributed by atoms with Crippen molar-refractivity contribution >= 4 is 10.9 Å². The first-order valence-corrected chi connectivity index (χ1v) is 13.2. The molecule has 0 aliphatic heterocycles. The Hall–Kier alpha value is -1.58. The Kier molecular flexibility index (Phi) is 9.21. The zero-order valence-corrected chi connectivity index (χ0v) is 25.0. The minimum absolute atomic E-state index is 0. The number of aliphatic hydroxyl groups is 2. The molecule has 4 heteroatoms. The van der Waals surface area contributed by atoms with E-state index in [0.29, 0.717) is 11.8 Å². The molecule has 1 heterocycles. The standard InChI is InChI=1S/C18H16N.C14H26O2.Ir/c1-13(2)15-9-6-10-18-16(15)11-12-17(19-18)14-7-4-3-5-8-14;1-13(2)7-5-6-9-8-14(3,4)12(16)10(9)11(13)15;/h3-7,9-13H,1-2H3;9-12,15-16H,5-8H2,1-4H3;/q-1;;. The van der Waals surface area contributed by atoms with Crippen LogP contribution in [0.1, 0.15) is 78.7 Å². The van der Waals surface area contributed by atoms with Gasteiger partial charge in [-0.15, -0.1) is 35.9 Å². The molecule has 0 spiro atoms. The summed E-state index contributed by atoms with van der Waals surface area (Å²) in [5.41, 5.74) is 4.37. The summed E-state index contributed by atoms with van der Waals surface area (Å²) in [6.45, 7) is 13.0. The molecule has 4 atom stereocenters. The maximum absolute atomic E-state index is 10.5. The van der Waals surface area contributed by atoms with Gasteiger partial charge in [0.2, 0.25) is 0 Å². The molecule has 2 aliphatic rings. The second-order valence-electron chi connectivity index (χ2n) is 12.3. The van der Waals surface area contributed by atoms with Crippen LogP contribution in [0.4, 0.5) is 0 Å². The zero-order valence-electron chi connectivity index (χ0n) is 22.6. The van der Waals surface area contributed by atoms with Crippen molar-refractivity contribution in [2.45, 2.75) is 85.4 Å². The van der Waals surface area contributed by atoms with Gasteiger partial charge in [-0.05, 0) is 59.3 Å². The van der Waals surface area contributed by atoms with Gasteiger partial charge in [-0.1, -0.05) is 72.2 Å². The van der Waals surface area contributed by atoms with Gasteiger partial charge < -0.3 is 10.2 Å². The number of aliphatic hydroxyl groups excluding tert-OH is 2. The fourth-order valence-electron chi connectivity index (χ4n) is 6.31. The minimum atomic E-state index is -0.350. The Bertz CT molecular complexity index is 1140. The van der Waals surface area contributed by atoms with E-state index >= 15 is 0 Å². The third-order valence-corrected chi connectivity index (χ3v) is 8.43. The predicted molar refractivity (Wildman–Crippen MR) is 145 cm³/mol. The molecule has 2 fully saturated rings. The fraction of sp³-hybridized carbons (Fsp3) is 0.531. The Morgan fingerprint density at radius 1 is 0.917 bits per heavy atom. The molecule has 3 aromatic rings. The van der Waals surface area contributed by atoms with Gasteiger partial charge in [0.25, 0.3) is 0 Å². The van der Waals surface area contributed by atoms with E-state index < -0.39 is 0 Å². The van der Waals surface area contributed by atoms with E-state index in [0.717, 1.165) is 29.6 Å². The van der Waals surface area contributed by atoms with Crippen LogP contribution in [0.25, 0.3) is 22.2 Å². The molecule has 36 heavy (non-hydrogen) atoms. The molecule has 2 saturated carbocycles. The number of pyridine rings is 1. The third-order valence-electron chi connectivity index (χ3n) is 8.43. The number of benzene rings is 2. The molecule has 3 nitrogen and oxygen atoms in total. The first-order chi connectivity index (χ1) is 16.5. The summed E-state index contributed by atoms with van der Waals surface area (Å²) in [7, 11) is 0. The van der Waals surface area contributed by atoms with Crippen molar-refractivity contribution in [2.75, 3.05) is 0 Å². The molecule has 1 aromatic heterocycles. The molecule has 2 aromatic carbocycles. The minimum Gasteiger partial charge on any atom is -0.392 e. The van der Waals surface area contributed by atoms with Crippen molar-refractivity contribution in [3.8, 4) is 11.3 Å². The molecule has 1 radical (unpaired) electrons. The van der Waals surface area contributed by atoms with Crippen LogP contribution >= 0.6 is 0 Å². The van der Waals surface area contributed by atoms with Crippen LogP contribution in [0.15, 0.2) is 54.6 Å². The number of rotatable bonds is 2. The number of fused-ring (bicyclic) bond motifs is 2. The van der Waals surface area contributed by atoms with Crippen molar-refractivity contribution in [1.29, 1.82) is 0 Å². The molecule has 197 valence electrons. The van der Waals surface area contributed by atoms with Crippen LogP contribution < -0.4 is 0 Å². The van der Waals surface area contributed by atoms with Gasteiger partial charge in [0, 0.05) is 31.4 Å². The van der Waals surface area contributed by atoms with Crippen LogP contribution in [0.2, 0.25) is 0 Å². The van der Waals surface area contributed by atoms with E-state index in [1.54, 1.807) is 0 Å². The largest absolute Gasteiger partial charge is 0.392 e. The summed E-state index contributed by atoms with van der Waals surface area (Å²) >= 11 is 0. The molecule has 4 unspecified atom stereocenters. The SMILES string of the molecule is CC(C)c1cccc2nc(-c3[c-]cccc3)ccc12.CC1(C)CCCC2CC(C)(C)C(O)C2C1O.[Ir]. The van der Waals surface area contributed by atoms with Crippen LogP contribution in [-0.4, -0.2) is 27.4 Å². The van der Waals surface area contributed by atoms with E-state index in [2.05, 4.69) is 77.9 Å². The summed E-state index contributed by atoms with van der Waals surface area (Å²) < 4.78 is 0. The van der Waals surface area contributed by atoms with Crippen molar-refractivity contribution in [2.24, 2.45) is 22.7 Å². The van der Waals surface area contributed by atoms with Crippen LogP contribution in [0.3, 0.4) is 0 Å². The van der Waals surface area contributed by atoms with Gasteiger partial charge in [0.05, 0.1) is 17.7 Å². The molecular formula is C32H42IrNO2-. The van der Waals surface area contributed by atoms with Crippen molar-refractivity contribution in [1.82, 2.24) is 4.98 Å². The van der Waals surface area contributed by atoms with Crippen molar-refractivity contribution in [3.63, 3.8) is 0 Å². The summed E-state index contributed by atoms with van der Waals surface area (Å²) in [5, 5.41) is 22.2. The number of nitrogens with zero attached hydrogens (tertiary/aromatic N) is 1. The normalized spacial score (nSPS) is 26.4. The van der Waals surface area contributed by atoms with E-state index in [9.17, 15) is 10.2 Å². The van der Waals surface area contributed by atoms with Crippen molar-refractivity contribution < 1.29 is 30.3 Å². The summed E-state index contributed by atoms with van der Waals surface area (Å²) in [6, 6.07) is 21.8. The molecule has 5 rings (SSSR count). The van der Waals surface area contributed by atoms with Gasteiger partial charge in [0.15, 0.2) is 0 Å². The van der Waals surface area contributed by atoms with E-state index in [4.69, 9.17) is 4.98 Å². The molecule has 0 amide bonds. The first kappa shape index (κ1) is 29.0. The van der Waals surface area contributed by atoms with Gasteiger partial charge in [-0.25, -0.2) is 0 Å². The quantitative estimate of drug-likeness (QED) is 0.281. The number of aromatic nitrogens is 1. The zero-order chi connectivity index (χ0) is 25.4. The molecule has 2 aliphatic carbocycles. The topological polar surface area (TPSA) is 53.4 Å². The van der Waals surface area contributed by atoms with Crippen molar-refractivity contribution in [3.05, 3.63) is 66.2 Å². The molecule has 2 N–H and O–H groups in total. The predicted octanol–water partition coefficient (Wildman–Crippen LogP) is 7.40. The fourth-order valence-corrected chi connectivity index (χ4v) is 6.31. The average molecular weight is 665 g/mol. The summed E-state index contributed by atoms with van der Waals surface area (Å²) in [5.74, 6) is 1.12. The molecule has 0 bridgehead atoms. The van der Waals surface area contributed by atoms with E-state index in [-0.39, 0.29) is 49.1 Å². The van der Waals surface area contributed by atoms with Gasteiger partial charge >= 0.3 is 0 Å². The smallest absolute Gasteiger partial charge is 0.0646 e. The molecule has 0 saturated heterocycles. The van der Waals surface area contributed by atoms with Crippen LogP contribution in [-0.2, 0) is 20.1 Å². The van der Waals surface area contributed by atoms with Crippen LogP contribution in [0, 0.1) is 28.7 Å². The van der Waals surface area contributed by atoms with Gasteiger partial charge in [-0.3, -0.25) is 4.98 Å². The van der Waals surface area contributed by atoms with Crippen LogP contribution in [0.5, 0.6) is 0 Å². The maximum atomic E-state index is 10.5. The second-order valence-corrected chi connectivity index (χ2v) is 12.3.